The summed E-state index contributed by atoms with van der Waals surface area (Å²) in [6.07, 6.45) is 0.0635. The van der Waals surface area contributed by atoms with Gasteiger partial charge in [-0.2, -0.15) is 0 Å². The topological polar surface area (TPSA) is 66.4 Å². The van der Waals surface area contributed by atoms with Crippen LogP contribution in [0.1, 0.15) is 6.92 Å². The lowest BCUT2D eigenvalue weighted by molar-refractivity contribution is -0.182. The van der Waals surface area contributed by atoms with Gasteiger partial charge in [-0.15, -0.1) is 11.8 Å². The summed E-state index contributed by atoms with van der Waals surface area (Å²) >= 11 is 5.65. The molecule has 26 heavy (non-hydrogen) atoms. The standard InChI is InChI=1S/C15H32NO5PS2Si2/c1-9(17)10(16-22)11-13(20-25(3,4)5)12(19-23)14(15(18-11)24-2)21-26(6,7)8/h10-15,22-23H,1-8H3/t10-,11-,12+,13+,14-,15-/m1/s1. The molecule has 152 valence electrons. The molecule has 1 fully saturated rings. The molecule has 6 atom stereocenters. The predicted molar refractivity (Wildman–Crippen MR) is 118 cm³/mol. The summed E-state index contributed by atoms with van der Waals surface area (Å²) in [5.74, 6) is -0.100. The van der Waals surface area contributed by atoms with Crippen LogP contribution in [0.5, 0.6) is 0 Å². The summed E-state index contributed by atoms with van der Waals surface area (Å²) < 4.78 is 28.7. The summed E-state index contributed by atoms with van der Waals surface area (Å²) in [5.41, 5.74) is -0.305. The number of Topliss-reactive ketones (excluding diaryl/α,β-unsaturated/α-hetero) is 1. The lowest BCUT2D eigenvalue weighted by Gasteiger charge is -2.49. The first kappa shape index (κ1) is 24.8. The Balaban J connectivity index is 3.34. The van der Waals surface area contributed by atoms with Gasteiger partial charge in [-0.25, -0.2) is 0 Å². The Hall–Kier alpha value is 0.744. The van der Waals surface area contributed by atoms with E-state index in [-0.39, 0.29) is 17.3 Å². The first-order valence-corrected chi connectivity index (χ1v) is 17.5. The van der Waals surface area contributed by atoms with Crippen LogP contribution in [-0.4, -0.2) is 64.6 Å². The van der Waals surface area contributed by atoms with Gasteiger partial charge in [-0.3, -0.25) is 9.54 Å². The quantitative estimate of drug-likeness (QED) is 0.244. The number of carbonyl (C=O) groups excluding carboxylic acids is 1. The van der Waals surface area contributed by atoms with E-state index in [1.54, 1.807) is 0 Å². The van der Waals surface area contributed by atoms with Crippen molar-refractivity contribution in [3.05, 3.63) is 0 Å². The normalized spacial score (nSPS) is 31.5. The van der Waals surface area contributed by atoms with E-state index in [0.29, 0.717) is 0 Å². The average molecular weight is 458 g/mol. The fourth-order valence-corrected chi connectivity index (χ4v) is 6.42. The number of carbonyl (C=O) groups is 1. The van der Waals surface area contributed by atoms with Crippen LogP contribution < -0.4 is 0 Å². The van der Waals surface area contributed by atoms with E-state index in [1.165, 1.54) is 18.7 Å². The number of ketones is 1. The lowest BCUT2D eigenvalue weighted by atomic mass is 9.93. The summed E-state index contributed by atoms with van der Waals surface area (Å²) in [5, 5.41) is 0. The van der Waals surface area contributed by atoms with Gasteiger partial charge in [0.25, 0.3) is 0 Å². The lowest BCUT2D eigenvalue weighted by Crippen LogP contribution is -2.65. The molecule has 0 aromatic rings. The Bertz CT molecular complexity index is 503. The molecule has 0 aliphatic carbocycles. The van der Waals surface area contributed by atoms with Crippen LogP contribution >= 0.6 is 33.7 Å². The highest BCUT2D eigenvalue weighted by atomic mass is 32.2. The second kappa shape index (κ2) is 9.98. The number of ether oxygens (including phenoxy) is 1. The molecule has 6 nitrogen and oxygen atoms in total. The highest BCUT2D eigenvalue weighted by Crippen LogP contribution is 2.37. The maximum atomic E-state index is 12.1. The van der Waals surface area contributed by atoms with Crippen LogP contribution in [0.2, 0.25) is 39.3 Å². The van der Waals surface area contributed by atoms with E-state index >= 15 is 0 Å². The van der Waals surface area contributed by atoms with E-state index in [0.717, 1.165) is 0 Å². The summed E-state index contributed by atoms with van der Waals surface area (Å²) in [6.45, 7) is 14.1. The molecule has 11 heteroatoms. The molecular weight excluding hydrogens is 425 g/mol. The minimum atomic E-state index is -1.97. The Morgan fingerprint density at radius 1 is 1.12 bits per heavy atom. The highest BCUT2D eigenvalue weighted by molar-refractivity contribution is 7.99. The van der Waals surface area contributed by atoms with E-state index in [1.807, 2.05) is 6.26 Å². The minimum absolute atomic E-state index is 0.100. The van der Waals surface area contributed by atoms with Crippen molar-refractivity contribution in [2.45, 2.75) is 82.1 Å². The molecule has 0 saturated carbocycles. The number of hydrogen-bond donors (Lipinski definition) is 1. The van der Waals surface area contributed by atoms with Gasteiger partial charge in [0.05, 0.1) is 0 Å². The number of thiol groups is 1. The van der Waals surface area contributed by atoms with Gasteiger partial charge in [-0.1, -0.05) is 0 Å². The van der Waals surface area contributed by atoms with Gasteiger partial charge in [-0.05, 0) is 74.4 Å². The third-order valence-corrected chi connectivity index (χ3v) is 7.06. The smallest absolute Gasteiger partial charge is 0.184 e. The third-order valence-electron chi connectivity index (χ3n) is 3.73. The fraction of sp³-hybridized carbons (Fsp3) is 0.933. The zero-order chi connectivity index (χ0) is 20.3. The zero-order valence-electron chi connectivity index (χ0n) is 16.8. The van der Waals surface area contributed by atoms with Gasteiger partial charge in [0, 0.05) is 0 Å². The van der Waals surface area contributed by atoms with Crippen LogP contribution in [-0.2, 0) is 22.6 Å². The SMILES string of the molecule is CS[C@H]1O[C@H]([C@H](N=P)C(C)=O)[C@H](O[Si](C)(C)C)[C@H](OS)[C@H]1O[Si](C)(C)C. The second-order valence-corrected chi connectivity index (χ2v) is 18.7. The van der Waals surface area contributed by atoms with Crippen molar-refractivity contribution >= 4 is 56.1 Å². The molecule has 1 rings (SSSR count). The van der Waals surface area contributed by atoms with Gasteiger partial charge < -0.3 is 17.8 Å². The number of rotatable bonds is 9. The largest absolute Gasteiger partial charge is 0.409 e. The van der Waals surface area contributed by atoms with Crippen LogP contribution in [0.4, 0.5) is 0 Å². The molecule has 1 aliphatic rings. The molecule has 0 aromatic heterocycles. The van der Waals surface area contributed by atoms with Crippen LogP contribution in [0.25, 0.3) is 0 Å². The molecule has 0 bridgehead atoms. The Morgan fingerprint density at radius 2 is 1.62 bits per heavy atom. The van der Waals surface area contributed by atoms with E-state index in [2.05, 4.69) is 66.0 Å². The van der Waals surface area contributed by atoms with Gasteiger partial charge in [0.1, 0.15) is 35.9 Å². The monoisotopic (exact) mass is 457 g/mol. The minimum Gasteiger partial charge on any atom is -0.409 e. The molecule has 0 unspecified atom stereocenters. The maximum Gasteiger partial charge on any atom is 0.184 e. The molecule has 0 spiro atoms. The summed E-state index contributed by atoms with van der Waals surface area (Å²) in [7, 11) is -0.702. The van der Waals surface area contributed by atoms with Crippen molar-refractivity contribution in [3.63, 3.8) is 0 Å². The number of hydrogen-bond acceptors (Lipinski definition) is 8. The molecule has 0 radical (unpaired) electrons. The molecule has 0 aromatic carbocycles. The van der Waals surface area contributed by atoms with E-state index in [9.17, 15) is 4.79 Å². The van der Waals surface area contributed by atoms with E-state index < -0.39 is 41.0 Å². The number of thioether (sulfide) groups is 1. The molecule has 1 heterocycles. The first-order chi connectivity index (χ1) is 11.8. The van der Waals surface area contributed by atoms with Crippen molar-refractivity contribution < 1.29 is 22.6 Å². The second-order valence-electron chi connectivity index (χ2n) is 8.35. The summed E-state index contributed by atoms with van der Waals surface area (Å²) in [6, 6.07) is -0.693. The average Bonchev–Trinajstić information content (AvgIpc) is 2.46. The van der Waals surface area contributed by atoms with Crippen LogP contribution in [0, 0.1) is 0 Å². The van der Waals surface area contributed by atoms with Crippen molar-refractivity contribution in [2.75, 3.05) is 6.26 Å². The number of nitrogens with zero attached hydrogens (tertiary/aromatic N) is 1. The third kappa shape index (κ3) is 6.97. The van der Waals surface area contributed by atoms with Gasteiger partial charge in [0.2, 0.25) is 0 Å². The zero-order valence-corrected chi connectivity index (χ0v) is 21.5. The van der Waals surface area contributed by atoms with E-state index in [4.69, 9.17) is 17.8 Å². The van der Waals surface area contributed by atoms with Crippen LogP contribution in [0.3, 0.4) is 0 Å². The Morgan fingerprint density at radius 3 is 1.96 bits per heavy atom. The summed E-state index contributed by atoms with van der Waals surface area (Å²) in [4.78, 5) is 12.1. The van der Waals surface area contributed by atoms with Crippen molar-refractivity contribution in [1.82, 2.24) is 0 Å². The predicted octanol–water partition coefficient (Wildman–Crippen LogP) is 4.03. The Kier molecular flexibility index (Phi) is 9.51. The van der Waals surface area contributed by atoms with Crippen molar-refractivity contribution in [3.8, 4) is 0 Å². The molecule has 0 N–H and O–H groups in total. The van der Waals surface area contributed by atoms with Gasteiger partial charge >= 0.3 is 0 Å². The van der Waals surface area contributed by atoms with Crippen LogP contribution in [0.15, 0.2) is 4.74 Å². The molecule has 1 saturated heterocycles. The van der Waals surface area contributed by atoms with Gasteiger partial charge in [0.15, 0.2) is 22.4 Å². The molecular formula is C15H32NO5PS2Si2. The maximum absolute atomic E-state index is 12.1. The molecule has 1 aliphatic heterocycles. The Labute approximate surface area is 171 Å². The van der Waals surface area contributed by atoms with Crippen molar-refractivity contribution in [2.24, 2.45) is 4.74 Å². The molecule has 0 amide bonds. The fourth-order valence-electron chi connectivity index (χ4n) is 2.87. The highest BCUT2D eigenvalue weighted by Gasteiger charge is 2.53. The first-order valence-electron chi connectivity index (χ1n) is 8.55. The van der Waals surface area contributed by atoms with Crippen molar-refractivity contribution in [1.29, 1.82) is 0 Å².